The molecule has 21 heavy (non-hydrogen) atoms. The molecule has 0 aliphatic carbocycles. The van der Waals surface area contributed by atoms with Crippen LogP contribution in [0.3, 0.4) is 0 Å². The number of aromatic nitrogens is 2. The summed E-state index contributed by atoms with van der Waals surface area (Å²) in [5.41, 5.74) is 7.10. The van der Waals surface area contributed by atoms with Crippen molar-refractivity contribution >= 4 is 23.1 Å². The van der Waals surface area contributed by atoms with Crippen LogP contribution in [-0.4, -0.2) is 9.38 Å². The SMILES string of the molecule is Nc1cc(F)cc(SCc2cc(=O)n3ccccc3n2)c1. The summed E-state index contributed by atoms with van der Waals surface area (Å²) in [6.07, 6.45) is 1.68. The van der Waals surface area contributed by atoms with Gasteiger partial charge in [-0.1, -0.05) is 6.07 Å². The lowest BCUT2D eigenvalue weighted by molar-refractivity contribution is 0.625. The molecule has 0 radical (unpaired) electrons. The zero-order valence-corrected chi connectivity index (χ0v) is 11.8. The van der Waals surface area contributed by atoms with E-state index in [-0.39, 0.29) is 11.4 Å². The van der Waals surface area contributed by atoms with Crippen LogP contribution in [0.4, 0.5) is 10.1 Å². The molecule has 0 atom stereocenters. The first kappa shape index (κ1) is 13.6. The van der Waals surface area contributed by atoms with Crippen molar-refractivity contribution in [2.45, 2.75) is 10.6 Å². The maximum atomic E-state index is 13.3. The molecule has 1 aromatic carbocycles. The molecule has 0 saturated carbocycles. The molecular weight excluding hydrogens is 289 g/mol. The van der Waals surface area contributed by atoms with Gasteiger partial charge < -0.3 is 5.73 Å². The van der Waals surface area contributed by atoms with E-state index in [0.717, 1.165) is 0 Å². The lowest BCUT2D eigenvalue weighted by Gasteiger charge is -2.05. The van der Waals surface area contributed by atoms with Gasteiger partial charge in [-0.2, -0.15) is 0 Å². The van der Waals surface area contributed by atoms with E-state index in [0.29, 0.717) is 27.7 Å². The fraction of sp³-hybridized carbons (Fsp3) is 0.0667. The minimum absolute atomic E-state index is 0.130. The number of anilines is 1. The smallest absolute Gasteiger partial charge is 0.258 e. The Hall–Kier alpha value is -2.34. The Morgan fingerprint density at radius 1 is 1.24 bits per heavy atom. The number of halogens is 1. The fourth-order valence-corrected chi connectivity index (χ4v) is 2.88. The van der Waals surface area contributed by atoms with E-state index in [1.54, 1.807) is 24.4 Å². The molecule has 6 heteroatoms. The Labute approximate surface area is 124 Å². The van der Waals surface area contributed by atoms with Gasteiger partial charge in [-0.05, 0) is 30.3 Å². The summed E-state index contributed by atoms with van der Waals surface area (Å²) in [5, 5.41) is 0. The number of hydrogen-bond donors (Lipinski definition) is 1. The van der Waals surface area contributed by atoms with Crippen molar-refractivity contribution in [1.82, 2.24) is 9.38 Å². The first-order valence-corrected chi connectivity index (χ1v) is 7.26. The number of nitrogens with zero attached hydrogens (tertiary/aromatic N) is 2. The van der Waals surface area contributed by atoms with Gasteiger partial charge in [-0.3, -0.25) is 9.20 Å². The lowest BCUT2D eigenvalue weighted by Crippen LogP contribution is -2.14. The number of fused-ring (bicyclic) bond motifs is 1. The van der Waals surface area contributed by atoms with Crippen molar-refractivity contribution in [2.75, 3.05) is 5.73 Å². The second-order valence-electron chi connectivity index (χ2n) is 4.52. The van der Waals surface area contributed by atoms with Gasteiger partial charge in [0.25, 0.3) is 5.56 Å². The van der Waals surface area contributed by atoms with Crippen LogP contribution in [0.25, 0.3) is 5.65 Å². The maximum absolute atomic E-state index is 13.3. The lowest BCUT2D eigenvalue weighted by atomic mass is 10.3. The summed E-state index contributed by atoms with van der Waals surface area (Å²) >= 11 is 1.39. The number of rotatable bonds is 3. The molecule has 0 bridgehead atoms. The maximum Gasteiger partial charge on any atom is 0.258 e. The topological polar surface area (TPSA) is 60.4 Å². The van der Waals surface area contributed by atoms with E-state index >= 15 is 0 Å². The quantitative estimate of drug-likeness (QED) is 0.597. The second-order valence-corrected chi connectivity index (χ2v) is 5.57. The summed E-state index contributed by atoms with van der Waals surface area (Å²) in [5.74, 6) is 0.104. The molecule has 3 rings (SSSR count). The molecule has 2 aromatic heterocycles. The van der Waals surface area contributed by atoms with Crippen LogP contribution < -0.4 is 11.3 Å². The van der Waals surface area contributed by atoms with Crippen LogP contribution in [0.5, 0.6) is 0 Å². The highest BCUT2D eigenvalue weighted by molar-refractivity contribution is 7.98. The highest BCUT2D eigenvalue weighted by Crippen LogP contribution is 2.24. The molecule has 4 nitrogen and oxygen atoms in total. The van der Waals surface area contributed by atoms with Crippen molar-refractivity contribution in [3.05, 3.63) is 70.5 Å². The summed E-state index contributed by atoms with van der Waals surface area (Å²) in [6, 6.07) is 11.2. The number of nitrogens with two attached hydrogens (primary N) is 1. The molecule has 0 unspecified atom stereocenters. The molecular formula is C15H12FN3OS. The van der Waals surface area contributed by atoms with Gasteiger partial charge in [0.2, 0.25) is 0 Å². The van der Waals surface area contributed by atoms with Crippen LogP contribution in [-0.2, 0) is 5.75 Å². The molecule has 2 N–H and O–H groups in total. The van der Waals surface area contributed by atoms with Gasteiger partial charge in [0, 0.05) is 28.6 Å². The van der Waals surface area contributed by atoms with Gasteiger partial charge in [0.1, 0.15) is 11.5 Å². The normalized spacial score (nSPS) is 10.9. The summed E-state index contributed by atoms with van der Waals surface area (Å²) in [7, 11) is 0. The number of nitrogen functional groups attached to an aromatic ring is 1. The molecule has 0 saturated heterocycles. The Morgan fingerprint density at radius 2 is 2.10 bits per heavy atom. The van der Waals surface area contributed by atoms with E-state index in [9.17, 15) is 9.18 Å². The minimum atomic E-state index is -0.371. The number of benzene rings is 1. The first-order valence-electron chi connectivity index (χ1n) is 6.28. The van der Waals surface area contributed by atoms with Crippen LogP contribution in [0.2, 0.25) is 0 Å². The zero-order chi connectivity index (χ0) is 14.8. The monoisotopic (exact) mass is 301 g/mol. The van der Waals surface area contributed by atoms with Gasteiger partial charge >= 0.3 is 0 Å². The third kappa shape index (κ3) is 3.05. The van der Waals surface area contributed by atoms with E-state index in [1.165, 1.54) is 34.4 Å². The van der Waals surface area contributed by atoms with Crippen molar-refractivity contribution in [3.8, 4) is 0 Å². The van der Waals surface area contributed by atoms with Crippen LogP contribution in [0.15, 0.2) is 58.4 Å². The predicted octanol–water partition coefficient (Wildman–Crippen LogP) is 2.71. The number of hydrogen-bond acceptors (Lipinski definition) is 4. The van der Waals surface area contributed by atoms with E-state index in [4.69, 9.17) is 5.73 Å². The Kier molecular flexibility index (Phi) is 3.62. The Bertz CT molecular complexity index is 843. The standard InChI is InChI=1S/C15H12FN3OS/c16-10-5-11(17)7-13(6-10)21-9-12-8-15(20)19-4-2-1-3-14(19)18-12/h1-8H,9,17H2. The highest BCUT2D eigenvalue weighted by atomic mass is 32.2. The largest absolute Gasteiger partial charge is 0.399 e. The van der Waals surface area contributed by atoms with E-state index in [2.05, 4.69) is 4.98 Å². The first-order chi connectivity index (χ1) is 10.1. The van der Waals surface area contributed by atoms with Crippen LogP contribution in [0.1, 0.15) is 5.69 Å². The molecule has 0 fully saturated rings. The molecule has 106 valence electrons. The predicted molar refractivity (Wildman–Crippen MR) is 81.8 cm³/mol. The van der Waals surface area contributed by atoms with Crippen molar-refractivity contribution in [2.24, 2.45) is 0 Å². The van der Waals surface area contributed by atoms with E-state index in [1.807, 2.05) is 6.07 Å². The summed E-state index contributed by atoms with van der Waals surface area (Å²) < 4.78 is 14.7. The van der Waals surface area contributed by atoms with Crippen molar-refractivity contribution < 1.29 is 4.39 Å². The average Bonchev–Trinajstić information content (AvgIpc) is 2.44. The van der Waals surface area contributed by atoms with Crippen LogP contribution in [0, 0.1) is 5.82 Å². The average molecular weight is 301 g/mol. The third-order valence-corrected chi connectivity index (χ3v) is 3.91. The minimum Gasteiger partial charge on any atom is -0.399 e. The molecule has 0 amide bonds. The van der Waals surface area contributed by atoms with Gasteiger partial charge in [-0.15, -0.1) is 11.8 Å². The molecule has 2 heterocycles. The van der Waals surface area contributed by atoms with Crippen molar-refractivity contribution in [3.63, 3.8) is 0 Å². The fourth-order valence-electron chi connectivity index (χ4n) is 2.00. The number of pyridine rings is 1. The van der Waals surface area contributed by atoms with Gasteiger partial charge in [0.05, 0.1) is 5.69 Å². The molecule has 0 aliphatic heterocycles. The van der Waals surface area contributed by atoms with Gasteiger partial charge in [-0.25, -0.2) is 9.37 Å². The zero-order valence-electron chi connectivity index (χ0n) is 11.0. The Morgan fingerprint density at radius 3 is 2.90 bits per heavy atom. The van der Waals surface area contributed by atoms with E-state index < -0.39 is 0 Å². The summed E-state index contributed by atoms with van der Waals surface area (Å²) in [4.78, 5) is 17.1. The number of thioether (sulfide) groups is 1. The van der Waals surface area contributed by atoms with Gasteiger partial charge in [0.15, 0.2) is 0 Å². The van der Waals surface area contributed by atoms with Crippen LogP contribution >= 0.6 is 11.8 Å². The second kappa shape index (κ2) is 5.57. The summed E-state index contributed by atoms with van der Waals surface area (Å²) in [6.45, 7) is 0. The Balaban J connectivity index is 1.86. The van der Waals surface area contributed by atoms with Crippen molar-refractivity contribution in [1.29, 1.82) is 0 Å². The third-order valence-electron chi connectivity index (χ3n) is 2.90. The molecule has 0 aliphatic rings. The molecule has 3 aromatic rings. The highest BCUT2D eigenvalue weighted by Gasteiger charge is 2.04. The molecule has 0 spiro atoms.